The van der Waals surface area contributed by atoms with E-state index in [0.717, 1.165) is 35.1 Å². The SMILES string of the molecule is CCc1ccc(C(OC(c2ccc(CC)cc2)c2cnc(-c3ccc(C#N)cc3)cn2)c2cnc(-c3ccc(C#N)cc3)cn2)cc1. The lowest BCUT2D eigenvalue weighted by atomic mass is 10.0. The molecule has 7 heteroatoms. The summed E-state index contributed by atoms with van der Waals surface area (Å²) in [6, 6.07) is 35.6. The van der Waals surface area contributed by atoms with Crippen molar-refractivity contribution in [2.24, 2.45) is 0 Å². The summed E-state index contributed by atoms with van der Waals surface area (Å²) in [5, 5.41) is 18.3. The van der Waals surface area contributed by atoms with E-state index in [0.29, 0.717) is 33.9 Å². The molecule has 0 spiro atoms. The van der Waals surface area contributed by atoms with Crippen LogP contribution in [0.1, 0.15) is 70.8 Å². The minimum absolute atomic E-state index is 0.556. The normalized spacial score (nSPS) is 12.1. The summed E-state index contributed by atoms with van der Waals surface area (Å²) in [4.78, 5) is 19.2. The third-order valence-electron chi connectivity index (χ3n) is 8.15. The Morgan fingerprint density at radius 3 is 1.19 bits per heavy atom. The first-order valence-corrected chi connectivity index (χ1v) is 15.6. The average molecular weight is 613 g/mol. The second-order valence-corrected chi connectivity index (χ2v) is 11.1. The van der Waals surface area contributed by atoms with Gasteiger partial charge in [0, 0.05) is 11.1 Å². The molecule has 2 aromatic heterocycles. The quantitative estimate of drug-likeness (QED) is 0.153. The van der Waals surface area contributed by atoms with Crippen LogP contribution in [0.3, 0.4) is 0 Å². The molecule has 2 heterocycles. The van der Waals surface area contributed by atoms with Crippen molar-refractivity contribution in [3.8, 4) is 34.7 Å². The van der Waals surface area contributed by atoms with Crippen LogP contribution in [0.4, 0.5) is 0 Å². The molecule has 0 N–H and O–H groups in total. The van der Waals surface area contributed by atoms with Gasteiger partial charge in [0.1, 0.15) is 12.2 Å². The second-order valence-electron chi connectivity index (χ2n) is 11.1. The largest absolute Gasteiger partial charge is 0.353 e. The van der Waals surface area contributed by atoms with Crippen molar-refractivity contribution in [2.45, 2.75) is 38.9 Å². The zero-order valence-electron chi connectivity index (χ0n) is 26.2. The zero-order chi connectivity index (χ0) is 32.6. The molecule has 228 valence electrons. The Kier molecular flexibility index (Phi) is 9.48. The highest BCUT2D eigenvalue weighted by atomic mass is 16.5. The van der Waals surface area contributed by atoms with E-state index >= 15 is 0 Å². The first kappa shape index (κ1) is 31.0. The lowest BCUT2D eigenvalue weighted by molar-refractivity contribution is 0.0258. The van der Waals surface area contributed by atoms with Crippen molar-refractivity contribution in [1.82, 2.24) is 19.9 Å². The Hall–Kier alpha value is -6.02. The number of rotatable bonds is 10. The predicted octanol–water partition coefficient (Wildman–Crippen LogP) is 8.36. The summed E-state index contributed by atoms with van der Waals surface area (Å²) in [5.41, 5.74) is 9.99. The van der Waals surface area contributed by atoms with Crippen LogP contribution in [0.5, 0.6) is 0 Å². The maximum atomic E-state index is 9.17. The molecule has 6 aromatic rings. The van der Waals surface area contributed by atoms with Gasteiger partial charge < -0.3 is 4.74 Å². The number of nitrogens with zero attached hydrogens (tertiary/aromatic N) is 6. The fourth-order valence-corrected chi connectivity index (χ4v) is 5.31. The molecule has 47 heavy (non-hydrogen) atoms. The number of ether oxygens (including phenoxy) is 1. The van der Waals surface area contributed by atoms with Crippen LogP contribution in [-0.2, 0) is 17.6 Å². The van der Waals surface area contributed by atoms with Crippen LogP contribution in [0, 0.1) is 22.7 Å². The number of aromatic nitrogens is 4. The van der Waals surface area contributed by atoms with Crippen molar-refractivity contribution in [1.29, 1.82) is 10.5 Å². The standard InChI is InChI=1S/C40H32N6O/c1-3-27-5-17-33(18-6-27)39(37-25-43-35(23-45-37)31-13-9-29(21-41)10-14-31)47-40(34-19-7-28(4-2)8-20-34)38-26-44-36(24-46-38)32-15-11-30(22-42)12-16-32/h5-20,23-26,39-40H,3-4H2,1-2H3. The van der Waals surface area contributed by atoms with Crippen LogP contribution >= 0.6 is 0 Å². The van der Waals surface area contributed by atoms with E-state index < -0.39 is 12.2 Å². The molecule has 0 radical (unpaired) electrons. The van der Waals surface area contributed by atoms with Crippen LogP contribution in [0.15, 0.2) is 122 Å². The van der Waals surface area contributed by atoms with Crippen LogP contribution in [-0.4, -0.2) is 19.9 Å². The van der Waals surface area contributed by atoms with Crippen LogP contribution in [0.2, 0.25) is 0 Å². The van der Waals surface area contributed by atoms with E-state index in [-0.39, 0.29) is 0 Å². The highest BCUT2D eigenvalue weighted by Crippen LogP contribution is 2.35. The van der Waals surface area contributed by atoms with Gasteiger partial charge in [0.05, 0.1) is 70.8 Å². The van der Waals surface area contributed by atoms with E-state index in [2.05, 4.69) is 74.5 Å². The molecule has 0 aliphatic heterocycles. The number of hydrogen-bond donors (Lipinski definition) is 0. The second kappa shape index (κ2) is 14.4. The minimum Gasteiger partial charge on any atom is -0.353 e. The minimum atomic E-state index is -0.556. The van der Waals surface area contributed by atoms with E-state index in [9.17, 15) is 10.5 Å². The topological polar surface area (TPSA) is 108 Å². The highest BCUT2D eigenvalue weighted by Gasteiger charge is 2.26. The third kappa shape index (κ3) is 7.12. The molecule has 2 unspecified atom stereocenters. The van der Waals surface area contributed by atoms with Gasteiger partial charge in [-0.1, -0.05) is 86.6 Å². The number of hydrogen-bond acceptors (Lipinski definition) is 7. The summed E-state index contributed by atoms with van der Waals surface area (Å²) >= 11 is 0. The molecular formula is C40H32N6O. The Morgan fingerprint density at radius 1 is 0.511 bits per heavy atom. The van der Waals surface area contributed by atoms with Crippen molar-refractivity contribution in [3.63, 3.8) is 0 Å². The molecule has 7 nitrogen and oxygen atoms in total. The van der Waals surface area contributed by atoms with Gasteiger partial charge in [-0.2, -0.15) is 10.5 Å². The maximum Gasteiger partial charge on any atom is 0.127 e. The van der Waals surface area contributed by atoms with Crippen molar-refractivity contribution >= 4 is 0 Å². The van der Waals surface area contributed by atoms with Gasteiger partial charge in [0.25, 0.3) is 0 Å². The lowest BCUT2D eigenvalue weighted by Gasteiger charge is -2.25. The molecule has 0 fully saturated rings. The Balaban J connectivity index is 1.38. The lowest BCUT2D eigenvalue weighted by Crippen LogP contribution is -2.16. The molecular weight excluding hydrogens is 580 g/mol. The third-order valence-corrected chi connectivity index (χ3v) is 8.15. The Morgan fingerprint density at radius 2 is 0.894 bits per heavy atom. The summed E-state index contributed by atoms with van der Waals surface area (Å²) in [7, 11) is 0. The maximum absolute atomic E-state index is 9.17. The van der Waals surface area contributed by atoms with Gasteiger partial charge in [-0.25, -0.2) is 0 Å². The number of nitriles is 2. The zero-order valence-corrected chi connectivity index (χ0v) is 26.2. The fourth-order valence-electron chi connectivity index (χ4n) is 5.31. The molecule has 2 atom stereocenters. The van der Waals surface area contributed by atoms with Gasteiger partial charge in [0.2, 0.25) is 0 Å². The number of aryl methyl sites for hydroxylation is 2. The first-order chi connectivity index (χ1) is 23.1. The van der Waals surface area contributed by atoms with Crippen LogP contribution in [0.25, 0.3) is 22.5 Å². The molecule has 0 bridgehead atoms. The molecule has 0 saturated heterocycles. The smallest absolute Gasteiger partial charge is 0.127 e. The summed E-state index contributed by atoms with van der Waals surface area (Å²) in [5.74, 6) is 0. The summed E-state index contributed by atoms with van der Waals surface area (Å²) < 4.78 is 7.02. The van der Waals surface area contributed by atoms with E-state index in [1.807, 2.05) is 24.3 Å². The van der Waals surface area contributed by atoms with Crippen molar-refractivity contribution in [2.75, 3.05) is 0 Å². The first-order valence-electron chi connectivity index (χ1n) is 15.6. The van der Waals surface area contributed by atoms with Crippen molar-refractivity contribution in [3.05, 3.63) is 167 Å². The van der Waals surface area contributed by atoms with E-state index in [1.165, 1.54) is 11.1 Å². The molecule has 0 aliphatic carbocycles. The van der Waals surface area contributed by atoms with Gasteiger partial charge in [0.15, 0.2) is 0 Å². The Bertz CT molecular complexity index is 1860. The number of benzene rings is 4. The van der Waals surface area contributed by atoms with Gasteiger partial charge >= 0.3 is 0 Å². The summed E-state index contributed by atoms with van der Waals surface area (Å²) in [6.45, 7) is 4.26. The van der Waals surface area contributed by atoms with E-state index in [4.69, 9.17) is 24.7 Å². The molecule has 6 rings (SSSR count). The highest BCUT2D eigenvalue weighted by molar-refractivity contribution is 5.60. The van der Waals surface area contributed by atoms with Gasteiger partial charge in [-0.3, -0.25) is 19.9 Å². The molecule has 4 aromatic carbocycles. The van der Waals surface area contributed by atoms with Crippen molar-refractivity contribution < 1.29 is 4.74 Å². The van der Waals surface area contributed by atoms with Gasteiger partial charge in [-0.05, 0) is 59.4 Å². The summed E-state index contributed by atoms with van der Waals surface area (Å²) in [6.07, 6.45) is 7.73. The molecule has 0 saturated carbocycles. The van der Waals surface area contributed by atoms with Gasteiger partial charge in [-0.15, -0.1) is 0 Å². The monoisotopic (exact) mass is 612 g/mol. The Labute approximate surface area is 274 Å². The molecule has 0 amide bonds. The van der Waals surface area contributed by atoms with Crippen LogP contribution < -0.4 is 0 Å². The van der Waals surface area contributed by atoms with E-state index in [1.54, 1.807) is 49.1 Å². The average Bonchev–Trinajstić information content (AvgIpc) is 3.16. The molecule has 0 aliphatic rings. The predicted molar refractivity (Wildman–Crippen MR) is 181 cm³/mol. The fraction of sp³-hybridized carbons (Fsp3) is 0.150.